The van der Waals surface area contributed by atoms with E-state index in [1.54, 1.807) is 0 Å². The Balaban J connectivity index is 3.53. The number of alkyl halides is 5. The lowest BCUT2D eigenvalue weighted by Gasteiger charge is -2.12. The van der Waals surface area contributed by atoms with Crippen molar-refractivity contribution in [3.05, 3.63) is 28.8 Å². The fourth-order valence-electron chi connectivity index (χ4n) is 1.04. The highest BCUT2D eigenvalue weighted by Crippen LogP contribution is 2.35. The molecule has 0 unspecified atom stereocenters. The third-order valence-corrected chi connectivity index (χ3v) is 1.69. The first-order chi connectivity index (χ1) is 7.29. The summed E-state index contributed by atoms with van der Waals surface area (Å²) in [6, 6.07) is 0. The van der Waals surface area contributed by atoms with Crippen molar-refractivity contribution in [2.45, 2.75) is 12.6 Å². The Bertz CT molecular complexity index is 414. The molecule has 0 bridgehead atoms. The fourth-order valence-corrected chi connectivity index (χ4v) is 1.04. The second kappa shape index (κ2) is 4.11. The van der Waals surface area contributed by atoms with Gasteiger partial charge in [-0.05, 0) is 0 Å². The number of rotatable bonds is 2. The van der Waals surface area contributed by atoms with E-state index in [9.17, 15) is 31.1 Å². The molecule has 0 amide bonds. The Morgan fingerprint density at radius 1 is 1.31 bits per heavy atom. The predicted molar refractivity (Wildman–Crippen MR) is 39.5 cm³/mol. The van der Waals surface area contributed by atoms with Crippen LogP contribution in [0.15, 0.2) is 6.20 Å². The van der Waals surface area contributed by atoms with Crippen molar-refractivity contribution in [1.29, 1.82) is 0 Å². The van der Waals surface area contributed by atoms with Crippen LogP contribution in [0.1, 0.15) is 28.0 Å². The molecule has 0 aliphatic carbocycles. The lowest BCUT2D eigenvalue weighted by Crippen LogP contribution is -2.15. The average Bonchev–Trinajstić information content (AvgIpc) is 2.14. The second-order valence-corrected chi connectivity index (χ2v) is 2.70. The molecule has 1 aromatic rings. The van der Waals surface area contributed by atoms with Crippen LogP contribution in [0, 0.1) is 5.82 Å². The van der Waals surface area contributed by atoms with Gasteiger partial charge in [-0.3, -0.25) is 9.78 Å². The monoisotopic (exact) mass is 243 g/mol. The van der Waals surface area contributed by atoms with E-state index in [1.807, 2.05) is 0 Å². The van der Waals surface area contributed by atoms with E-state index in [0.717, 1.165) is 0 Å². The molecule has 0 saturated carbocycles. The van der Waals surface area contributed by atoms with Gasteiger partial charge in [-0.1, -0.05) is 0 Å². The minimum atomic E-state index is -5.23. The normalized spacial score (nSPS) is 11.9. The highest BCUT2D eigenvalue weighted by Gasteiger charge is 2.39. The molecule has 0 aliphatic rings. The predicted octanol–water partition coefficient (Wildman–Crippen LogP) is 2.99. The van der Waals surface area contributed by atoms with E-state index >= 15 is 0 Å². The molecule has 0 atom stereocenters. The van der Waals surface area contributed by atoms with E-state index < -0.39 is 35.2 Å². The highest BCUT2D eigenvalue weighted by molar-refractivity contribution is 5.77. The lowest BCUT2D eigenvalue weighted by molar-refractivity contribution is -0.140. The number of hydrogen-bond acceptors (Lipinski definition) is 2. The van der Waals surface area contributed by atoms with Gasteiger partial charge in [0.2, 0.25) is 0 Å². The van der Waals surface area contributed by atoms with E-state index in [0.29, 0.717) is 0 Å². The van der Waals surface area contributed by atoms with Crippen molar-refractivity contribution in [3.63, 3.8) is 0 Å². The fraction of sp³-hybridized carbons (Fsp3) is 0.250. The van der Waals surface area contributed by atoms with Crippen LogP contribution in [0.5, 0.6) is 0 Å². The molecule has 8 heteroatoms. The Kier molecular flexibility index (Phi) is 3.20. The zero-order chi connectivity index (χ0) is 12.5. The van der Waals surface area contributed by atoms with E-state index in [1.165, 1.54) is 0 Å². The summed E-state index contributed by atoms with van der Waals surface area (Å²) in [6.45, 7) is 0. The molecule has 0 saturated heterocycles. The molecule has 0 aromatic carbocycles. The summed E-state index contributed by atoms with van der Waals surface area (Å²) in [7, 11) is 0. The SMILES string of the molecule is O=Cc1cnc(C(F)F)c(F)c1C(F)(F)F. The maximum atomic E-state index is 13.0. The topological polar surface area (TPSA) is 30.0 Å². The van der Waals surface area contributed by atoms with Crippen LogP contribution >= 0.6 is 0 Å². The summed E-state index contributed by atoms with van der Waals surface area (Å²) in [5.74, 6) is -2.22. The molecule has 16 heavy (non-hydrogen) atoms. The standard InChI is InChI=1S/C8H3F6NO/c9-5-4(8(12,13)14)3(2-16)1-15-6(5)7(10)11/h1-2,7H. The zero-order valence-electron chi connectivity index (χ0n) is 7.36. The van der Waals surface area contributed by atoms with Gasteiger partial charge in [0.05, 0.1) is 0 Å². The third-order valence-electron chi connectivity index (χ3n) is 1.69. The van der Waals surface area contributed by atoms with E-state index in [4.69, 9.17) is 0 Å². The van der Waals surface area contributed by atoms with Gasteiger partial charge >= 0.3 is 6.18 Å². The molecular formula is C8H3F6NO. The van der Waals surface area contributed by atoms with E-state index in [2.05, 4.69) is 4.98 Å². The average molecular weight is 243 g/mol. The molecule has 1 rings (SSSR count). The summed E-state index contributed by atoms with van der Waals surface area (Å²) in [5.41, 5.74) is -4.76. The van der Waals surface area contributed by atoms with Gasteiger partial charge in [-0.2, -0.15) is 13.2 Å². The first-order valence-corrected chi connectivity index (χ1v) is 3.78. The molecular weight excluding hydrogens is 240 g/mol. The van der Waals surface area contributed by atoms with Gasteiger partial charge in [0.25, 0.3) is 6.43 Å². The van der Waals surface area contributed by atoms with Crippen molar-refractivity contribution < 1.29 is 31.1 Å². The van der Waals surface area contributed by atoms with Gasteiger partial charge in [-0.25, -0.2) is 13.2 Å². The second-order valence-electron chi connectivity index (χ2n) is 2.70. The summed E-state index contributed by atoms with van der Waals surface area (Å²) < 4.78 is 74.0. The summed E-state index contributed by atoms with van der Waals surface area (Å²) in [6.07, 6.45) is -8.75. The Morgan fingerprint density at radius 3 is 2.25 bits per heavy atom. The first kappa shape index (κ1) is 12.5. The molecule has 0 radical (unpaired) electrons. The number of nitrogens with zero attached hydrogens (tertiary/aromatic N) is 1. The number of aldehydes is 1. The quantitative estimate of drug-likeness (QED) is 0.590. The van der Waals surface area contributed by atoms with Crippen LogP contribution in [0.3, 0.4) is 0 Å². The van der Waals surface area contributed by atoms with Crippen molar-refractivity contribution >= 4 is 6.29 Å². The number of aromatic nitrogens is 1. The molecule has 2 nitrogen and oxygen atoms in total. The first-order valence-electron chi connectivity index (χ1n) is 3.78. The Hall–Kier alpha value is -1.60. The summed E-state index contributed by atoms with van der Waals surface area (Å²) in [5, 5.41) is 0. The Morgan fingerprint density at radius 2 is 1.88 bits per heavy atom. The molecule has 0 aliphatic heterocycles. The molecule has 1 heterocycles. The van der Waals surface area contributed by atoms with Gasteiger partial charge in [0.15, 0.2) is 12.1 Å². The third kappa shape index (κ3) is 2.15. The summed E-state index contributed by atoms with van der Waals surface area (Å²) in [4.78, 5) is 13.0. The number of carbonyl (C=O) groups excluding carboxylic acids is 1. The number of hydrogen-bond donors (Lipinski definition) is 0. The van der Waals surface area contributed by atoms with Crippen LogP contribution in [0.4, 0.5) is 26.3 Å². The molecule has 88 valence electrons. The molecule has 0 spiro atoms. The van der Waals surface area contributed by atoms with Crippen LogP contribution in [-0.2, 0) is 6.18 Å². The highest BCUT2D eigenvalue weighted by atomic mass is 19.4. The van der Waals surface area contributed by atoms with Crippen molar-refractivity contribution in [2.75, 3.05) is 0 Å². The minimum absolute atomic E-state index is 0.264. The van der Waals surface area contributed by atoms with E-state index in [-0.39, 0.29) is 12.5 Å². The van der Waals surface area contributed by atoms with Gasteiger partial charge in [0.1, 0.15) is 11.3 Å². The van der Waals surface area contributed by atoms with Crippen LogP contribution in [0.25, 0.3) is 0 Å². The lowest BCUT2D eigenvalue weighted by atomic mass is 10.1. The zero-order valence-corrected chi connectivity index (χ0v) is 7.36. The molecule has 1 aromatic heterocycles. The molecule has 0 N–H and O–H groups in total. The number of carbonyl (C=O) groups is 1. The maximum absolute atomic E-state index is 13.0. The van der Waals surface area contributed by atoms with Gasteiger partial charge in [-0.15, -0.1) is 0 Å². The summed E-state index contributed by atoms with van der Waals surface area (Å²) >= 11 is 0. The van der Waals surface area contributed by atoms with Crippen molar-refractivity contribution in [2.24, 2.45) is 0 Å². The van der Waals surface area contributed by atoms with Crippen LogP contribution in [-0.4, -0.2) is 11.3 Å². The molecule has 0 fully saturated rings. The largest absolute Gasteiger partial charge is 0.420 e. The van der Waals surface area contributed by atoms with Gasteiger partial charge < -0.3 is 0 Å². The van der Waals surface area contributed by atoms with Gasteiger partial charge in [0, 0.05) is 11.8 Å². The maximum Gasteiger partial charge on any atom is 0.420 e. The minimum Gasteiger partial charge on any atom is -0.298 e. The Labute approximate surface area is 84.9 Å². The van der Waals surface area contributed by atoms with Crippen molar-refractivity contribution in [1.82, 2.24) is 4.98 Å². The smallest absolute Gasteiger partial charge is 0.298 e. The van der Waals surface area contributed by atoms with Crippen LogP contribution in [0.2, 0.25) is 0 Å². The number of halogens is 6. The number of pyridine rings is 1. The van der Waals surface area contributed by atoms with Crippen LogP contribution < -0.4 is 0 Å². The van der Waals surface area contributed by atoms with Crippen molar-refractivity contribution in [3.8, 4) is 0 Å².